The van der Waals surface area contributed by atoms with E-state index in [1.807, 2.05) is 0 Å². The van der Waals surface area contributed by atoms with Crippen LogP contribution in [-0.2, 0) is 9.59 Å². The van der Waals surface area contributed by atoms with Crippen molar-refractivity contribution in [2.24, 2.45) is 0 Å². The molecule has 0 spiro atoms. The minimum Gasteiger partial charge on any atom is -0.508 e. The number of benzene rings is 1. The molecule has 0 saturated heterocycles. The van der Waals surface area contributed by atoms with E-state index in [-0.39, 0.29) is 5.75 Å². The Labute approximate surface area is 113 Å². The Morgan fingerprint density at radius 3 is 2.58 bits per heavy atom. The predicted octanol–water partition coefficient (Wildman–Crippen LogP) is 1.45. The van der Waals surface area contributed by atoms with Gasteiger partial charge in [-0.25, -0.2) is 4.98 Å². The molecule has 6 nitrogen and oxygen atoms in total. The maximum absolute atomic E-state index is 11.9. The Balaban J connectivity index is 2.06. The van der Waals surface area contributed by atoms with Crippen molar-refractivity contribution >= 4 is 34.0 Å². The molecule has 2 N–H and O–H groups in total. The van der Waals surface area contributed by atoms with Gasteiger partial charge in [-0.05, 0) is 24.3 Å². The number of phenols is 1. The number of nitrogens with one attached hydrogen (secondary N) is 1. The van der Waals surface area contributed by atoms with Crippen LogP contribution in [-0.4, -0.2) is 29.0 Å². The largest absolute Gasteiger partial charge is 0.508 e. The second kappa shape index (κ2) is 5.49. The molecule has 2 amide bonds. The molecule has 0 aliphatic carbocycles. The van der Waals surface area contributed by atoms with E-state index in [0.717, 1.165) is 0 Å². The number of carbonyl (C=O) groups excluding carboxylic acids is 2. The molecule has 1 aromatic heterocycles. The van der Waals surface area contributed by atoms with Crippen LogP contribution in [0.2, 0.25) is 0 Å². The van der Waals surface area contributed by atoms with Crippen LogP contribution in [0.25, 0.3) is 0 Å². The van der Waals surface area contributed by atoms with Crippen LogP contribution in [0.5, 0.6) is 5.75 Å². The normalized spacial score (nSPS) is 9.95. The van der Waals surface area contributed by atoms with Crippen LogP contribution in [0.3, 0.4) is 0 Å². The Bertz CT molecular complexity index is 581. The number of thiazole rings is 1. The van der Waals surface area contributed by atoms with Crippen LogP contribution in [0.1, 0.15) is 0 Å². The molecule has 0 unspecified atom stereocenters. The monoisotopic (exact) mass is 277 g/mol. The van der Waals surface area contributed by atoms with Crippen molar-refractivity contribution in [1.29, 1.82) is 0 Å². The summed E-state index contributed by atoms with van der Waals surface area (Å²) >= 11 is 1.23. The van der Waals surface area contributed by atoms with Crippen molar-refractivity contribution < 1.29 is 14.7 Å². The molecule has 0 aliphatic heterocycles. The summed E-state index contributed by atoms with van der Waals surface area (Å²) in [4.78, 5) is 28.7. The standard InChI is InChI=1S/C12H11N3O3S/c1-15(8-2-4-9(16)5-3-8)11(18)10(17)14-12-13-6-7-19-12/h2-7,16H,1H3,(H,13,14,17). The number of likely N-dealkylation sites (N-methyl/N-ethyl adjacent to an activating group) is 1. The smallest absolute Gasteiger partial charge is 0.316 e. The van der Waals surface area contributed by atoms with Crippen LogP contribution in [0.4, 0.5) is 10.8 Å². The lowest BCUT2D eigenvalue weighted by Crippen LogP contribution is -2.37. The first-order valence-electron chi connectivity index (χ1n) is 5.35. The maximum Gasteiger partial charge on any atom is 0.316 e. The first-order valence-corrected chi connectivity index (χ1v) is 6.23. The fraction of sp³-hybridized carbons (Fsp3) is 0.0833. The third-order valence-electron chi connectivity index (χ3n) is 2.39. The van der Waals surface area contributed by atoms with Gasteiger partial charge in [-0.15, -0.1) is 11.3 Å². The SMILES string of the molecule is CN(C(=O)C(=O)Nc1nccs1)c1ccc(O)cc1. The zero-order valence-corrected chi connectivity index (χ0v) is 10.8. The molecule has 0 saturated carbocycles. The lowest BCUT2D eigenvalue weighted by Gasteiger charge is -2.16. The number of amides is 2. The van der Waals surface area contributed by atoms with E-state index in [9.17, 15) is 9.59 Å². The van der Waals surface area contributed by atoms with Gasteiger partial charge >= 0.3 is 11.8 Å². The van der Waals surface area contributed by atoms with Gasteiger partial charge in [0.2, 0.25) is 0 Å². The van der Waals surface area contributed by atoms with Crippen molar-refractivity contribution in [1.82, 2.24) is 4.98 Å². The first kappa shape index (κ1) is 13.0. The van der Waals surface area contributed by atoms with Crippen LogP contribution in [0.15, 0.2) is 35.8 Å². The van der Waals surface area contributed by atoms with E-state index < -0.39 is 11.8 Å². The summed E-state index contributed by atoms with van der Waals surface area (Å²) in [5.74, 6) is -1.37. The number of rotatable bonds is 2. The van der Waals surface area contributed by atoms with Gasteiger partial charge in [0.05, 0.1) is 0 Å². The summed E-state index contributed by atoms with van der Waals surface area (Å²) in [6, 6.07) is 5.98. The number of anilines is 2. The Hall–Kier alpha value is -2.41. The molecule has 0 bridgehead atoms. The van der Waals surface area contributed by atoms with Crippen molar-refractivity contribution in [3.63, 3.8) is 0 Å². The number of nitrogens with zero attached hydrogens (tertiary/aromatic N) is 2. The fourth-order valence-corrected chi connectivity index (χ4v) is 1.91. The molecule has 0 aliphatic rings. The molecule has 1 heterocycles. The van der Waals surface area contributed by atoms with Crippen molar-refractivity contribution in [3.8, 4) is 5.75 Å². The van der Waals surface area contributed by atoms with Gasteiger partial charge in [-0.1, -0.05) is 0 Å². The molecular weight excluding hydrogens is 266 g/mol. The Morgan fingerprint density at radius 2 is 2.00 bits per heavy atom. The first-order chi connectivity index (χ1) is 9.08. The minimum atomic E-state index is -0.759. The molecule has 0 atom stereocenters. The van der Waals surface area contributed by atoms with Crippen molar-refractivity contribution in [2.45, 2.75) is 0 Å². The van der Waals surface area contributed by atoms with Gasteiger partial charge in [-0.2, -0.15) is 0 Å². The molecule has 0 fully saturated rings. The molecule has 19 heavy (non-hydrogen) atoms. The molecule has 0 radical (unpaired) electrons. The van der Waals surface area contributed by atoms with Crippen LogP contribution >= 0.6 is 11.3 Å². The van der Waals surface area contributed by atoms with Crippen LogP contribution < -0.4 is 10.2 Å². The fourth-order valence-electron chi connectivity index (χ4n) is 1.38. The highest BCUT2D eigenvalue weighted by Crippen LogP contribution is 2.17. The minimum absolute atomic E-state index is 0.0943. The third kappa shape index (κ3) is 3.08. The molecule has 1 aromatic carbocycles. The number of carbonyl (C=O) groups is 2. The van der Waals surface area contributed by atoms with Crippen molar-refractivity contribution in [3.05, 3.63) is 35.8 Å². The van der Waals surface area contributed by atoms with Crippen molar-refractivity contribution in [2.75, 3.05) is 17.3 Å². The average molecular weight is 277 g/mol. The third-order valence-corrected chi connectivity index (χ3v) is 3.08. The van der Waals surface area contributed by atoms with E-state index in [1.54, 1.807) is 17.5 Å². The second-order valence-electron chi connectivity index (χ2n) is 3.67. The highest BCUT2D eigenvalue weighted by molar-refractivity contribution is 7.13. The van der Waals surface area contributed by atoms with E-state index in [0.29, 0.717) is 10.8 Å². The number of hydrogen-bond donors (Lipinski definition) is 2. The zero-order valence-electron chi connectivity index (χ0n) is 10.0. The van der Waals surface area contributed by atoms with E-state index in [4.69, 9.17) is 5.11 Å². The zero-order chi connectivity index (χ0) is 13.8. The summed E-state index contributed by atoms with van der Waals surface area (Å²) in [6.07, 6.45) is 1.54. The summed E-state index contributed by atoms with van der Waals surface area (Å²) in [7, 11) is 1.48. The molecule has 2 aromatic rings. The average Bonchev–Trinajstić information content (AvgIpc) is 2.90. The summed E-state index contributed by atoms with van der Waals surface area (Å²) in [5, 5.41) is 13.7. The van der Waals surface area contributed by atoms with E-state index >= 15 is 0 Å². The number of phenolic OH excluding ortho intramolecular Hbond substituents is 1. The Kier molecular flexibility index (Phi) is 3.76. The highest BCUT2D eigenvalue weighted by atomic mass is 32.1. The second-order valence-corrected chi connectivity index (χ2v) is 4.57. The Morgan fingerprint density at radius 1 is 1.32 bits per heavy atom. The van der Waals surface area contributed by atoms with Gasteiger partial charge in [0.15, 0.2) is 5.13 Å². The van der Waals surface area contributed by atoms with Crippen LogP contribution in [0, 0.1) is 0 Å². The predicted molar refractivity (Wildman–Crippen MR) is 72.3 cm³/mol. The molecule has 98 valence electrons. The van der Waals surface area contributed by atoms with Gasteiger partial charge in [-0.3, -0.25) is 14.9 Å². The quantitative estimate of drug-likeness (QED) is 0.814. The molecule has 7 heteroatoms. The van der Waals surface area contributed by atoms with Gasteiger partial charge in [0.25, 0.3) is 0 Å². The topological polar surface area (TPSA) is 82.5 Å². The number of aromatic hydroxyl groups is 1. The summed E-state index contributed by atoms with van der Waals surface area (Å²) in [5.41, 5.74) is 0.511. The van der Waals surface area contributed by atoms with E-state index in [2.05, 4.69) is 10.3 Å². The maximum atomic E-state index is 11.9. The molecular formula is C12H11N3O3S. The van der Waals surface area contributed by atoms with Gasteiger partial charge in [0.1, 0.15) is 5.75 Å². The van der Waals surface area contributed by atoms with Gasteiger partial charge in [0, 0.05) is 24.3 Å². The molecule has 2 rings (SSSR count). The number of aromatic nitrogens is 1. The summed E-state index contributed by atoms with van der Waals surface area (Å²) < 4.78 is 0. The highest BCUT2D eigenvalue weighted by Gasteiger charge is 2.20. The lowest BCUT2D eigenvalue weighted by molar-refractivity contribution is -0.134. The lowest BCUT2D eigenvalue weighted by atomic mass is 10.3. The summed E-state index contributed by atoms with van der Waals surface area (Å²) in [6.45, 7) is 0. The number of hydrogen-bond acceptors (Lipinski definition) is 5. The van der Waals surface area contributed by atoms with E-state index in [1.165, 1.54) is 41.6 Å². The van der Waals surface area contributed by atoms with Gasteiger partial charge < -0.3 is 10.0 Å².